The fraction of sp³-hybridized carbons (Fsp3) is 0.400. The lowest BCUT2D eigenvalue weighted by atomic mass is 10.2. The van der Waals surface area contributed by atoms with Crippen molar-refractivity contribution in [3.8, 4) is 0 Å². The standard InChI is InChI=1S/C10H15N5/c1-2-6(11)5-9-13-7-3-4-8(12)14-10(7)15-9/h3-4,6H,2,5,11H2,1H3,(H3,12,13,14,15). The van der Waals surface area contributed by atoms with Crippen LogP contribution in [0.1, 0.15) is 19.2 Å². The zero-order valence-electron chi connectivity index (χ0n) is 8.70. The highest BCUT2D eigenvalue weighted by molar-refractivity contribution is 5.72. The molecule has 5 N–H and O–H groups in total. The fourth-order valence-corrected chi connectivity index (χ4v) is 1.45. The molecular formula is C10H15N5. The molecule has 0 aliphatic heterocycles. The average Bonchev–Trinajstić information content (AvgIpc) is 2.59. The van der Waals surface area contributed by atoms with Crippen LogP contribution in [0.2, 0.25) is 0 Å². The topological polar surface area (TPSA) is 93.6 Å². The van der Waals surface area contributed by atoms with Gasteiger partial charge in [0.25, 0.3) is 0 Å². The van der Waals surface area contributed by atoms with E-state index in [9.17, 15) is 0 Å². The van der Waals surface area contributed by atoms with Crippen molar-refractivity contribution in [3.63, 3.8) is 0 Å². The van der Waals surface area contributed by atoms with Gasteiger partial charge >= 0.3 is 0 Å². The summed E-state index contributed by atoms with van der Waals surface area (Å²) in [6, 6.07) is 3.78. The summed E-state index contributed by atoms with van der Waals surface area (Å²) in [6.07, 6.45) is 1.68. The zero-order valence-corrected chi connectivity index (χ0v) is 8.70. The van der Waals surface area contributed by atoms with Gasteiger partial charge in [0, 0.05) is 12.5 Å². The highest BCUT2D eigenvalue weighted by Gasteiger charge is 2.07. The third-order valence-electron chi connectivity index (χ3n) is 2.40. The quantitative estimate of drug-likeness (QED) is 0.691. The van der Waals surface area contributed by atoms with Gasteiger partial charge in [0.05, 0.1) is 5.52 Å². The summed E-state index contributed by atoms with van der Waals surface area (Å²) in [6.45, 7) is 2.06. The van der Waals surface area contributed by atoms with Crippen LogP contribution in [0, 0.1) is 0 Å². The van der Waals surface area contributed by atoms with Crippen molar-refractivity contribution >= 4 is 17.0 Å². The Labute approximate surface area is 87.9 Å². The number of anilines is 1. The van der Waals surface area contributed by atoms with Crippen molar-refractivity contribution < 1.29 is 0 Å². The largest absolute Gasteiger partial charge is 0.384 e. The maximum atomic E-state index is 5.85. The van der Waals surface area contributed by atoms with Gasteiger partial charge in [-0.15, -0.1) is 0 Å². The van der Waals surface area contributed by atoms with Crippen LogP contribution in [0.3, 0.4) is 0 Å². The number of fused-ring (bicyclic) bond motifs is 1. The van der Waals surface area contributed by atoms with Gasteiger partial charge in [-0.25, -0.2) is 9.97 Å². The molecule has 0 spiro atoms. The van der Waals surface area contributed by atoms with E-state index in [2.05, 4.69) is 21.9 Å². The van der Waals surface area contributed by atoms with E-state index < -0.39 is 0 Å². The molecule has 0 amide bonds. The number of H-pyrrole nitrogens is 1. The summed E-state index contributed by atoms with van der Waals surface area (Å²) in [4.78, 5) is 11.6. The minimum absolute atomic E-state index is 0.142. The number of pyridine rings is 1. The van der Waals surface area contributed by atoms with Crippen LogP contribution in [0.15, 0.2) is 12.1 Å². The van der Waals surface area contributed by atoms with Crippen molar-refractivity contribution in [2.45, 2.75) is 25.8 Å². The number of nitrogen functional groups attached to an aromatic ring is 1. The monoisotopic (exact) mass is 205 g/mol. The molecule has 2 heterocycles. The van der Waals surface area contributed by atoms with Crippen LogP contribution in [0.5, 0.6) is 0 Å². The molecule has 0 bridgehead atoms. The van der Waals surface area contributed by atoms with Crippen molar-refractivity contribution in [1.29, 1.82) is 0 Å². The fourth-order valence-electron chi connectivity index (χ4n) is 1.45. The molecule has 0 aliphatic carbocycles. The molecule has 2 rings (SSSR count). The van der Waals surface area contributed by atoms with Crippen LogP contribution >= 0.6 is 0 Å². The summed E-state index contributed by atoms with van der Waals surface area (Å²) in [5.41, 5.74) is 13.0. The summed E-state index contributed by atoms with van der Waals surface area (Å²) in [5.74, 6) is 1.36. The van der Waals surface area contributed by atoms with Gasteiger partial charge in [-0.2, -0.15) is 0 Å². The molecule has 0 fully saturated rings. The maximum absolute atomic E-state index is 5.85. The first-order valence-corrected chi connectivity index (χ1v) is 5.05. The van der Waals surface area contributed by atoms with Crippen LogP contribution < -0.4 is 11.5 Å². The number of aromatic nitrogens is 3. The molecule has 80 valence electrons. The molecule has 0 radical (unpaired) electrons. The Morgan fingerprint density at radius 2 is 2.20 bits per heavy atom. The molecule has 0 aliphatic rings. The van der Waals surface area contributed by atoms with Gasteiger partial charge in [0.1, 0.15) is 11.6 Å². The molecule has 0 saturated heterocycles. The van der Waals surface area contributed by atoms with E-state index in [4.69, 9.17) is 11.5 Å². The molecular weight excluding hydrogens is 190 g/mol. The Morgan fingerprint density at radius 3 is 2.93 bits per heavy atom. The first-order chi connectivity index (χ1) is 7.19. The van der Waals surface area contributed by atoms with Gasteiger partial charge < -0.3 is 16.5 Å². The summed E-state index contributed by atoms with van der Waals surface area (Å²) in [5, 5.41) is 0. The van der Waals surface area contributed by atoms with E-state index in [1.54, 1.807) is 6.07 Å². The normalized spacial score (nSPS) is 13.2. The van der Waals surface area contributed by atoms with Gasteiger partial charge in [0.15, 0.2) is 5.65 Å². The molecule has 5 heteroatoms. The Bertz CT molecular complexity index is 462. The van der Waals surface area contributed by atoms with Crippen molar-refractivity contribution in [2.24, 2.45) is 5.73 Å². The smallest absolute Gasteiger partial charge is 0.179 e. The van der Waals surface area contributed by atoms with Gasteiger partial charge in [-0.1, -0.05) is 6.92 Å². The predicted molar refractivity (Wildman–Crippen MR) is 60.3 cm³/mol. The Kier molecular flexibility index (Phi) is 2.55. The number of rotatable bonds is 3. The summed E-state index contributed by atoms with van der Waals surface area (Å²) < 4.78 is 0. The van der Waals surface area contributed by atoms with Gasteiger partial charge in [-0.3, -0.25) is 0 Å². The maximum Gasteiger partial charge on any atom is 0.179 e. The van der Waals surface area contributed by atoms with E-state index in [1.165, 1.54) is 0 Å². The van der Waals surface area contributed by atoms with Crippen molar-refractivity contribution in [3.05, 3.63) is 18.0 Å². The number of hydrogen-bond donors (Lipinski definition) is 3. The molecule has 5 nitrogen and oxygen atoms in total. The molecule has 2 aromatic rings. The van der Waals surface area contributed by atoms with E-state index in [-0.39, 0.29) is 6.04 Å². The number of nitrogens with two attached hydrogens (primary N) is 2. The number of nitrogens with zero attached hydrogens (tertiary/aromatic N) is 2. The summed E-state index contributed by atoms with van der Waals surface area (Å²) >= 11 is 0. The lowest BCUT2D eigenvalue weighted by molar-refractivity contribution is 0.630. The van der Waals surface area contributed by atoms with Crippen LogP contribution in [0.4, 0.5) is 5.82 Å². The minimum atomic E-state index is 0.142. The van der Waals surface area contributed by atoms with Crippen molar-refractivity contribution in [2.75, 3.05) is 5.73 Å². The second-order valence-electron chi connectivity index (χ2n) is 3.66. The number of hydrogen-bond acceptors (Lipinski definition) is 4. The molecule has 1 unspecified atom stereocenters. The number of imidazole rings is 1. The van der Waals surface area contributed by atoms with Crippen molar-refractivity contribution in [1.82, 2.24) is 15.0 Å². The highest BCUT2D eigenvalue weighted by atomic mass is 15.0. The van der Waals surface area contributed by atoms with E-state index in [0.717, 1.165) is 24.2 Å². The molecule has 15 heavy (non-hydrogen) atoms. The minimum Gasteiger partial charge on any atom is -0.384 e. The molecule has 0 aromatic carbocycles. The summed E-state index contributed by atoms with van der Waals surface area (Å²) in [7, 11) is 0. The van der Waals surface area contributed by atoms with Gasteiger partial charge in [-0.05, 0) is 18.6 Å². The second kappa shape index (κ2) is 3.86. The Hall–Kier alpha value is -1.62. The van der Waals surface area contributed by atoms with E-state index in [1.807, 2.05) is 6.07 Å². The predicted octanol–water partition coefficient (Wildman–Crippen LogP) is 0.820. The Balaban J connectivity index is 2.30. The highest BCUT2D eigenvalue weighted by Crippen LogP contribution is 2.11. The van der Waals surface area contributed by atoms with E-state index in [0.29, 0.717) is 11.5 Å². The van der Waals surface area contributed by atoms with Gasteiger partial charge in [0.2, 0.25) is 0 Å². The number of nitrogens with one attached hydrogen (secondary N) is 1. The van der Waals surface area contributed by atoms with Crippen LogP contribution in [-0.4, -0.2) is 21.0 Å². The lowest BCUT2D eigenvalue weighted by Crippen LogP contribution is -2.21. The molecule has 2 aromatic heterocycles. The molecule has 0 saturated carbocycles. The zero-order chi connectivity index (χ0) is 10.8. The average molecular weight is 205 g/mol. The van der Waals surface area contributed by atoms with Crippen LogP contribution in [0.25, 0.3) is 11.2 Å². The first kappa shape index (κ1) is 9.92. The van der Waals surface area contributed by atoms with E-state index >= 15 is 0 Å². The second-order valence-corrected chi connectivity index (χ2v) is 3.66. The molecule has 1 atom stereocenters. The third kappa shape index (κ3) is 2.07. The lowest BCUT2D eigenvalue weighted by Gasteiger charge is -2.04. The van der Waals surface area contributed by atoms with Crippen LogP contribution in [-0.2, 0) is 6.42 Å². The first-order valence-electron chi connectivity index (χ1n) is 5.05. The Morgan fingerprint density at radius 1 is 1.40 bits per heavy atom. The third-order valence-corrected chi connectivity index (χ3v) is 2.40. The number of aromatic amines is 1. The SMILES string of the molecule is CCC(N)Cc1nc2nc(N)ccc2[nH]1.